The number of hydrogen-bond donors (Lipinski definition) is 2. The Labute approximate surface area is 169 Å². The van der Waals surface area contributed by atoms with Gasteiger partial charge in [-0.1, -0.05) is 6.07 Å². The van der Waals surface area contributed by atoms with E-state index in [4.69, 9.17) is 4.74 Å². The monoisotopic (exact) mass is 414 g/mol. The highest BCUT2D eigenvalue weighted by Crippen LogP contribution is 2.14. The van der Waals surface area contributed by atoms with Crippen LogP contribution in [0.5, 0.6) is 0 Å². The summed E-state index contributed by atoms with van der Waals surface area (Å²) >= 11 is 0. The van der Waals surface area contributed by atoms with Gasteiger partial charge in [0.1, 0.15) is 5.65 Å². The molecule has 0 saturated carbocycles. The first-order valence-corrected chi connectivity index (χ1v) is 10.9. The number of sulfonamides is 1. The Balaban J connectivity index is 1.35. The lowest BCUT2D eigenvalue weighted by Crippen LogP contribution is -2.31. The largest absolute Gasteiger partial charge is 0.377 e. The van der Waals surface area contributed by atoms with Crippen molar-refractivity contribution in [3.8, 4) is 0 Å². The summed E-state index contributed by atoms with van der Waals surface area (Å²) in [6, 6.07) is 11.5. The van der Waals surface area contributed by atoms with E-state index in [2.05, 4.69) is 15.0 Å². The Bertz CT molecular complexity index is 1070. The molecular weight excluding hydrogens is 392 g/mol. The van der Waals surface area contributed by atoms with E-state index >= 15 is 0 Å². The number of benzene rings is 1. The van der Waals surface area contributed by atoms with Gasteiger partial charge in [-0.05, 0) is 49.2 Å². The van der Waals surface area contributed by atoms with Crippen LogP contribution in [0, 0.1) is 0 Å². The van der Waals surface area contributed by atoms with E-state index in [-0.39, 0.29) is 30.0 Å². The zero-order valence-corrected chi connectivity index (χ0v) is 16.6. The van der Waals surface area contributed by atoms with Gasteiger partial charge >= 0.3 is 0 Å². The molecule has 0 radical (unpaired) electrons. The van der Waals surface area contributed by atoms with Crippen LogP contribution < -0.4 is 10.0 Å². The minimum Gasteiger partial charge on any atom is -0.377 e. The van der Waals surface area contributed by atoms with Gasteiger partial charge in [0.15, 0.2) is 0 Å². The second-order valence-electron chi connectivity index (χ2n) is 6.89. The quantitative estimate of drug-likeness (QED) is 0.613. The zero-order valence-electron chi connectivity index (χ0n) is 15.7. The Hall–Kier alpha value is -2.75. The second-order valence-corrected chi connectivity index (χ2v) is 8.66. The van der Waals surface area contributed by atoms with Crippen molar-refractivity contribution in [1.29, 1.82) is 0 Å². The minimum atomic E-state index is -3.63. The first-order valence-electron chi connectivity index (χ1n) is 9.43. The van der Waals surface area contributed by atoms with Crippen molar-refractivity contribution in [2.75, 3.05) is 13.2 Å². The molecule has 1 amide bonds. The predicted molar refractivity (Wildman–Crippen MR) is 107 cm³/mol. The number of amides is 1. The van der Waals surface area contributed by atoms with Gasteiger partial charge in [-0.25, -0.2) is 18.1 Å². The Kier molecular flexibility index (Phi) is 5.61. The molecule has 2 aromatic heterocycles. The van der Waals surface area contributed by atoms with Crippen LogP contribution in [0.1, 0.15) is 28.9 Å². The van der Waals surface area contributed by atoms with Gasteiger partial charge in [0, 0.05) is 31.1 Å². The number of nitrogens with zero attached hydrogens (tertiary/aromatic N) is 2. The molecule has 29 heavy (non-hydrogen) atoms. The van der Waals surface area contributed by atoms with Crippen LogP contribution in [0.15, 0.2) is 59.8 Å². The molecule has 9 heteroatoms. The molecule has 1 saturated heterocycles. The molecule has 1 aromatic carbocycles. The Morgan fingerprint density at radius 2 is 2.03 bits per heavy atom. The number of fused-ring (bicyclic) bond motifs is 1. The molecule has 2 N–H and O–H groups in total. The summed E-state index contributed by atoms with van der Waals surface area (Å²) in [5.74, 6) is -0.293. The number of pyridine rings is 1. The highest BCUT2D eigenvalue weighted by atomic mass is 32.2. The first-order chi connectivity index (χ1) is 14.0. The van der Waals surface area contributed by atoms with E-state index < -0.39 is 10.0 Å². The normalized spacial score (nSPS) is 16.9. The number of aromatic nitrogens is 2. The smallest absolute Gasteiger partial charge is 0.251 e. The molecule has 3 aromatic rings. The molecule has 4 rings (SSSR count). The third-order valence-corrected chi connectivity index (χ3v) is 6.24. The van der Waals surface area contributed by atoms with Crippen molar-refractivity contribution >= 4 is 21.6 Å². The molecule has 1 aliphatic heterocycles. The van der Waals surface area contributed by atoms with Crippen molar-refractivity contribution in [3.05, 3.63) is 66.1 Å². The van der Waals surface area contributed by atoms with E-state index in [1.54, 1.807) is 0 Å². The van der Waals surface area contributed by atoms with Gasteiger partial charge in [-0.15, -0.1) is 0 Å². The molecule has 0 aliphatic carbocycles. The number of ether oxygens (including phenoxy) is 1. The maximum absolute atomic E-state index is 12.4. The number of hydrogen-bond acceptors (Lipinski definition) is 5. The average Bonchev–Trinajstić information content (AvgIpc) is 3.40. The third-order valence-electron chi connectivity index (χ3n) is 4.80. The third kappa shape index (κ3) is 4.64. The summed E-state index contributed by atoms with van der Waals surface area (Å²) in [6.07, 6.45) is 5.47. The summed E-state index contributed by atoms with van der Waals surface area (Å²) in [5, 5.41) is 2.80. The van der Waals surface area contributed by atoms with Crippen LogP contribution in [0.25, 0.3) is 5.65 Å². The molecule has 1 atom stereocenters. The van der Waals surface area contributed by atoms with Crippen LogP contribution in [-0.2, 0) is 21.3 Å². The zero-order chi connectivity index (χ0) is 20.3. The van der Waals surface area contributed by atoms with E-state index in [1.807, 2.05) is 35.0 Å². The average molecular weight is 414 g/mol. The van der Waals surface area contributed by atoms with E-state index in [0.717, 1.165) is 24.2 Å². The van der Waals surface area contributed by atoms with Crippen molar-refractivity contribution in [1.82, 2.24) is 19.4 Å². The number of carbonyl (C=O) groups is 1. The van der Waals surface area contributed by atoms with Crippen molar-refractivity contribution < 1.29 is 17.9 Å². The van der Waals surface area contributed by atoms with Crippen molar-refractivity contribution in [2.24, 2.45) is 0 Å². The number of imidazole rings is 1. The topological polar surface area (TPSA) is 102 Å². The molecule has 0 bridgehead atoms. The van der Waals surface area contributed by atoms with E-state index in [9.17, 15) is 13.2 Å². The minimum absolute atomic E-state index is 0.0746. The lowest BCUT2D eigenvalue weighted by Gasteiger charge is -2.11. The van der Waals surface area contributed by atoms with Crippen LogP contribution in [0.3, 0.4) is 0 Å². The molecule has 3 heterocycles. The van der Waals surface area contributed by atoms with Crippen molar-refractivity contribution in [2.45, 2.75) is 30.4 Å². The van der Waals surface area contributed by atoms with Gasteiger partial charge in [0.2, 0.25) is 10.0 Å². The highest BCUT2D eigenvalue weighted by Gasteiger charge is 2.20. The lowest BCUT2D eigenvalue weighted by atomic mass is 10.2. The lowest BCUT2D eigenvalue weighted by molar-refractivity contribution is 0.0950. The maximum atomic E-state index is 12.4. The summed E-state index contributed by atoms with van der Waals surface area (Å²) in [4.78, 5) is 16.9. The molecule has 152 valence electrons. The van der Waals surface area contributed by atoms with Gasteiger partial charge in [-0.3, -0.25) is 4.79 Å². The number of rotatable bonds is 7. The molecule has 8 nitrogen and oxygen atoms in total. The molecule has 0 spiro atoms. The molecule has 1 fully saturated rings. The standard InChI is InChI=1S/C20H22N4O4S/c25-20(21-12-16-14-24-10-2-1-5-19(24)23-16)15-6-8-18(9-7-15)29(26,27)22-13-17-4-3-11-28-17/h1-2,5-10,14,17,22H,3-4,11-13H2,(H,21,25)/t17-/m0/s1. The van der Waals surface area contributed by atoms with Crippen LogP contribution in [-0.4, -0.2) is 43.0 Å². The summed E-state index contributed by atoms with van der Waals surface area (Å²) < 4.78 is 34.6. The van der Waals surface area contributed by atoms with Crippen molar-refractivity contribution in [3.63, 3.8) is 0 Å². The molecule has 1 aliphatic rings. The fourth-order valence-electron chi connectivity index (χ4n) is 3.22. The van der Waals surface area contributed by atoms with Gasteiger partial charge < -0.3 is 14.5 Å². The van der Waals surface area contributed by atoms with Gasteiger partial charge in [0.05, 0.1) is 23.2 Å². The maximum Gasteiger partial charge on any atom is 0.251 e. The fraction of sp³-hybridized carbons (Fsp3) is 0.300. The van der Waals surface area contributed by atoms with E-state index in [1.165, 1.54) is 24.3 Å². The van der Waals surface area contributed by atoms with Crippen LogP contribution in [0.4, 0.5) is 0 Å². The number of nitrogens with one attached hydrogen (secondary N) is 2. The Morgan fingerprint density at radius 3 is 2.76 bits per heavy atom. The SMILES string of the molecule is O=C(NCc1cn2ccccc2n1)c1ccc(S(=O)(=O)NC[C@@H]2CCCO2)cc1. The highest BCUT2D eigenvalue weighted by molar-refractivity contribution is 7.89. The second kappa shape index (κ2) is 8.32. The van der Waals surface area contributed by atoms with Gasteiger partial charge in [-0.2, -0.15) is 0 Å². The van der Waals surface area contributed by atoms with Crippen LogP contribution >= 0.6 is 0 Å². The summed E-state index contributed by atoms with van der Waals surface area (Å²) in [7, 11) is -3.63. The Morgan fingerprint density at radius 1 is 1.21 bits per heavy atom. The predicted octanol–water partition coefficient (Wildman–Crippen LogP) is 1.72. The molecular formula is C20H22N4O4S. The summed E-state index contributed by atoms with van der Waals surface area (Å²) in [6.45, 7) is 1.21. The van der Waals surface area contributed by atoms with Gasteiger partial charge in [0.25, 0.3) is 5.91 Å². The van der Waals surface area contributed by atoms with Crippen LogP contribution in [0.2, 0.25) is 0 Å². The summed E-state index contributed by atoms with van der Waals surface area (Å²) in [5.41, 5.74) is 1.93. The molecule has 0 unspecified atom stereocenters. The fourth-order valence-corrected chi connectivity index (χ4v) is 4.29. The number of carbonyl (C=O) groups excluding carboxylic acids is 1. The first kappa shape index (κ1) is 19.6. The van der Waals surface area contributed by atoms with E-state index in [0.29, 0.717) is 12.2 Å².